The van der Waals surface area contributed by atoms with Crippen LogP contribution in [0.4, 0.5) is 0 Å². The molecule has 0 saturated heterocycles. The van der Waals surface area contributed by atoms with Gasteiger partial charge in [-0.1, -0.05) is 103 Å². The standard InChI is InChI=1S/4C9H11.2C7H8Si.2ClH.2Zr/c4*1-2-5-9-7-3-6-8(9)4-1;2*1-8-7-5-3-2-4-6-7;;;;/h4*3,6-7H,1-2,4-5H2;2*2-6H,1H3;2*1H;;/q4*-1;;;;;2*+2/p-2. The Morgan fingerprint density at radius 2 is 0.589 bits per heavy atom. The zero-order valence-corrected chi connectivity index (χ0v) is 42.2. The molecule has 4 aliphatic rings. The molecule has 0 bridgehead atoms. The number of hydrogen-bond acceptors (Lipinski definition) is 0. The minimum absolute atomic E-state index is 0. The van der Waals surface area contributed by atoms with Gasteiger partial charge in [0.2, 0.25) is 0 Å². The van der Waals surface area contributed by atoms with E-state index >= 15 is 0 Å². The summed E-state index contributed by atoms with van der Waals surface area (Å²) in [6.45, 7) is 4.69. The van der Waals surface area contributed by atoms with Crippen LogP contribution in [0.15, 0.2) is 133 Å². The quantitative estimate of drug-likeness (QED) is 0.164. The molecule has 6 heteroatoms. The first kappa shape index (κ1) is 49.0. The second-order valence-electron chi connectivity index (χ2n) is 15.1. The molecule has 0 amide bonds. The number of hydrogen-bond donors (Lipinski definition) is 0. The van der Waals surface area contributed by atoms with E-state index in [1.807, 2.05) is 0 Å². The maximum Gasteiger partial charge on any atom is -0.0512 e. The Morgan fingerprint density at radius 3 is 0.786 bits per heavy atom. The van der Waals surface area contributed by atoms with Crippen LogP contribution in [0.5, 0.6) is 0 Å². The van der Waals surface area contributed by atoms with Crippen LogP contribution in [0.25, 0.3) is 0 Å². The van der Waals surface area contributed by atoms with E-state index in [2.05, 4.69) is 147 Å². The van der Waals surface area contributed by atoms with Gasteiger partial charge in [0.1, 0.15) is 0 Å². The van der Waals surface area contributed by atoms with Gasteiger partial charge in [-0.3, -0.25) is 0 Å². The SMILES string of the molecule is C[Si](=[Zr+2])c1ccccc1.C[Si](=[Zr+2])c1ccccc1.[Cl-].[Cl-].c1cc2c([cH-]1)CCCC2.c1cc2c([cH-]1)CCCC2.c1cc2c([cH-]1)CCCC2.c1cc2c([cH-]1)CCCC2. The molecule has 0 aromatic heterocycles. The van der Waals surface area contributed by atoms with Gasteiger partial charge in [0.25, 0.3) is 0 Å². The molecule has 4 aliphatic carbocycles. The van der Waals surface area contributed by atoms with Crippen LogP contribution in [-0.2, 0) is 98.0 Å². The first-order valence-corrected chi connectivity index (χ1v) is 32.0. The van der Waals surface area contributed by atoms with Crippen LogP contribution in [0.3, 0.4) is 0 Å². The van der Waals surface area contributed by atoms with Crippen molar-refractivity contribution >= 4 is 21.2 Å². The third-order valence-corrected chi connectivity index (χ3v) is 17.7. The van der Waals surface area contributed by atoms with Crippen LogP contribution >= 0.6 is 0 Å². The van der Waals surface area contributed by atoms with E-state index in [1.54, 1.807) is 102 Å². The summed E-state index contributed by atoms with van der Waals surface area (Å²) < 4.78 is 0. The smallest absolute Gasteiger partial charge is 0.0512 e. The van der Waals surface area contributed by atoms with Gasteiger partial charge in [0.15, 0.2) is 0 Å². The maximum absolute atomic E-state index is 2.35. The molecule has 0 nitrogen and oxygen atoms in total. The van der Waals surface area contributed by atoms with E-state index < -0.39 is 0 Å². The molecule has 0 unspecified atom stereocenters. The number of rotatable bonds is 2. The van der Waals surface area contributed by atoms with Crippen molar-refractivity contribution < 1.29 is 71.5 Å². The Hall–Kier alpha value is -1.38. The topological polar surface area (TPSA) is 0 Å². The van der Waals surface area contributed by atoms with E-state index in [4.69, 9.17) is 0 Å². The van der Waals surface area contributed by atoms with Crippen molar-refractivity contribution in [3.63, 3.8) is 0 Å². The number of aryl methyl sites for hydroxylation is 8. The fraction of sp³-hybridized carbons (Fsp3) is 0.360. The zero-order chi connectivity index (χ0) is 37.8. The maximum atomic E-state index is 2.35. The van der Waals surface area contributed by atoms with Gasteiger partial charge in [0, 0.05) is 0 Å². The van der Waals surface area contributed by atoms with Crippen molar-refractivity contribution in [1.82, 2.24) is 0 Å². The van der Waals surface area contributed by atoms with Crippen LogP contribution in [0.1, 0.15) is 95.9 Å². The number of benzene rings is 2. The Morgan fingerprint density at radius 1 is 0.357 bits per heavy atom. The van der Waals surface area contributed by atoms with Crippen LogP contribution in [0.2, 0.25) is 13.1 Å². The minimum atomic E-state index is -0.122. The molecule has 0 aliphatic heterocycles. The predicted octanol–water partition coefficient (Wildman–Crippen LogP) is 5.27. The third kappa shape index (κ3) is 17.1. The van der Waals surface area contributed by atoms with Crippen molar-refractivity contribution in [1.29, 1.82) is 0 Å². The molecule has 6 aromatic rings. The van der Waals surface area contributed by atoms with E-state index in [1.165, 1.54) is 103 Å². The summed E-state index contributed by atoms with van der Waals surface area (Å²) >= 11 is 3.38. The molecule has 0 fully saturated rings. The van der Waals surface area contributed by atoms with Gasteiger partial charge in [-0.15, -0.1) is 0 Å². The summed E-state index contributed by atoms with van der Waals surface area (Å²) in [6.07, 6.45) is 21.8. The van der Waals surface area contributed by atoms with Gasteiger partial charge in [-0.05, 0) is 0 Å². The van der Waals surface area contributed by atoms with Crippen LogP contribution < -0.4 is 35.2 Å². The van der Waals surface area contributed by atoms with Crippen molar-refractivity contribution in [2.45, 2.75) is 116 Å². The van der Waals surface area contributed by atoms with E-state index in [9.17, 15) is 0 Å². The number of halogens is 2. The van der Waals surface area contributed by atoms with Crippen molar-refractivity contribution in [3.8, 4) is 0 Å². The molecule has 56 heavy (non-hydrogen) atoms. The second-order valence-corrected chi connectivity index (χ2v) is 29.8. The average Bonchev–Trinajstić information content (AvgIpc) is 4.07. The monoisotopic (exact) mass is 966 g/mol. The predicted molar refractivity (Wildman–Crippen MR) is 230 cm³/mol. The zero-order valence-electron chi connectivity index (χ0n) is 33.8. The Bertz CT molecular complexity index is 1630. The summed E-state index contributed by atoms with van der Waals surface area (Å²) in [5.74, 6) is 0. The van der Waals surface area contributed by atoms with Crippen LogP contribution in [0, 0.1) is 0 Å². The largest absolute Gasteiger partial charge is 1.00 e. The fourth-order valence-electron chi connectivity index (χ4n) is 7.83. The molecule has 0 atom stereocenters. The van der Waals surface area contributed by atoms with Gasteiger partial charge in [-0.25, -0.2) is 24.3 Å². The first-order valence-electron chi connectivity index (χ1n) is 20.6. The van der Waals surface area contributed by atoms with Crippen molar-refractivity contribution in [2.75, 3.05) is 0 Å². The first-order chi connectivity index (χ1) is 26.5. The van der Waals surface area contributed by atoms with Gasteiger partial charge < -0.3 is 24.8 Å². The Labute approximate surface area is 382 Å². The summed E-state index contributed by atoms with van der Waals surface area (Å²) in [6, 6.07) is 48.3. The molecule has 0 radical (unpaired) electrons. The van der Waals surface area contributed by atoms with Crippen molar-refractivity contribution in [2.24, 2.45) is 0 Å². The average molecular weight is 971 g/mol. The van der Waals surface area contributed by atoms with Gasteiger partial charge in [-0.2, -0.15) is 93.0 Å². The molecule has 0 saturated carbocycles. The van der Waals surface area contributed by atoms with E-state index in [0.717, 1.165) is 0 Å². The summed E-state index contributed by atoms with van der Waals surface area (Å²) in [5, 5.41) is 3.11. The molecule has 0 spiro atoms. The van der Waals surface area contributed by atoms with Gasteiger partial charge >= 0.3 is 142 Å². The summed E-state index contributed by atoms with van der Waals surface area (Å²) in [7, 11) is 0. The minimum Gasteiger partial charge on any atom is -1.00 e. The molecule has 10 rings (SSSR count). The third-order valence-electron chi connectivity index (χ3n) is 11.0. The molecule has 6 aromatic carbocycles. The fourth-order valence-corrected chi connectivity index (χ4v) is 11.7. The summed E-state index contributed by atoms with van der Waals surface area (Å²) in [5.41, 5.74) is 12.5. The van der Waals surface area contributed by atoms with E-state index in [-0.39, 0.29) is 35.7 Å². The van der Waals surface area contributed by atoms with Gasteiger partial charge in [0.05, 0.1) is 0 Å². The summed E-state index contributed by atoms with van der Waals surface area (Å²) in [4.78, 5) is 0. The normalized spacial score (nSPS) is 14.1. The molecule has 0 heterocycles. The molecule has 292 valence electrons. The van der Waals surface area contributed by atoms with Crippen LogP contribution in [-0.4, -0.2) is 10.9 Å². The molecule has 0 N–H and O–H groups in total. The Balaban J connectivity index is 0.000000179. The number of fused-ring (bicyclic) bond motifs is 4. The molecular formula is C50H60Cl2Si2Zr2-2. The molecular weight excluding hydrogens is 910 g/mol. The second kappa shape index (κ2) is 28.2. The van der Waals surface area contributed by atoms with Crippen molar-refractivity contribution in [3.05, 3.63) is 178 Å². The van der Waals surface area contributed by atoms with E-state index in [0.29, 0.717) is 0 Å². The Kier molecular flexibility index (Phi) is 24.6.